The maximum atomic E-state index is 11.2. The van der Waals surface area contributed by atoms with Gasteiger partial charge in [0.25, 0.3) is 0 Å². The van der Waals surface area contributed by atoms with Crippen LogP contribution < -0.4 is 5.32 Å². The van der Waals surface area contributed by atoms with Gasteiger partial charge < -0.3 is 14.8 Å². The number of rotatable bonds is 3. The molecular weight excluding hydrogens is 170 g/mol. The largest absolute Gasteiger partial charge is 0.379 e. The zero-order chi connectivity index (χ0) is 9.73. The fraction of sp³-hybridized carbons (Fsp3) is 0.889. The first-order valence-corrected chi connectivity index (χ1v) is 4.54. The fourth-order valence-corrected chi connectivity index (χ4v) is 1.54. The van der Waals surface area contributed by atoms with Crippen molar-refractivity contribution in [3.05, 3.63) is 0 Å². The van der Waals surface area contributed by atoms with E-state index in [2.05, 4.69) is 5.32 Å². The number of carbonyl (C=O) groups is 1. The molecule has 0 aliphatic carbocycles. The van der Waals surface area contributed by atoms with Crippen molar-refractivity contribution in [2.45, 2.75) is 25.3 Å². The van der Waals surface area contributed by atoms with Gasteiger partial charge in [-0.2, -0.15) is 0 Å². The Hall–Kier alpha value is -0.610. The number of methoxy groups -OCH3 is 1. The van der Waals surface area contributed by atoms with E-state index in [4.69, 9.17) is 9.47 Å². The summed E-state index contributed by atoms with van der Waals surface area (Å²) in [5, 5.41) is 2.91. The molecule has 0 aromatic rings. The van der Waals surface area contributed by atoms with Crippen molar-refractivity contribution in [3.63, 3.8) is 0 Å². The van der Waals surface area contributed by atoms with Crippen LogP contribution in [-0.4, -0.2) is 38.4 Å². The van der Waals surface area contributed by atoms with Crippen LogP contribution in [0, 0.1) is 0 Å². The van der Waals surface area contributed by atoms with Crippen LogP contribution in [0.5, 0.6) is 0 Å². The highest BCUT2D eigenvalue weighted by molar-refractivity contribution is 5.78. The van der Waals surface area contributed by atoms with Gasteiger partial charge in [-0.25, -0.2) is 0 Å². The van der Waals surface area contributed by atoms with Crippen LogP contribution in [0.15, 0.2) is 0 Å². The highest BCUT2D eigenvalue weighted by atomic mass is 16.5. The molecule has 1 rings (SSSR count). The van der Waals surface area contributed by atoms with E-state index in [1.54, 1.807) is 0 Å². The van der Waals surface area contributed by atoms with Gasteiger partial charge in [0.2, 0.25) is 5.91 Å². The Morgan fingerprint density at radius 2 is 2.46 bits per heavy atom. The van der Waals surface area contributed by atoms with Gasteiger partial charge in [0.15, 0.2) is 0 Å². The molecule has 0 spiro atoms. The Morgan fingerprint density at radius 3 is 3.00 bits per heavy atom. The average Bonchev–Trinajstić information content (AvgIpc) is 2.04. The Balaban J connectivity index is 2.36. The Bertz CT molecular complexity index is 176. The van der Waals surface area contributed by atoms with Crippen molar-refractivity contribution in [3.8, 4) is 0 Å². The molecule has 13 heavy (non-hydrogen) atoms. The van der Waals surface area contributed by atoms with Gasteiger partial charge >= 0.3 is 0 Å². The van der Waals surface area contributed by atoms with E-state index < -0.39 is 0 Å². The van der Waals surface area contributed by atoms with Crippen LogP contribution in [-0.2, 0) is 14.3 Å². The minimum atomic E-state index is -0.201. The van der Waals surface area contributed by atoms with Crippen LogP contribution in [0.3, 0.4) is 0 Å². The quantitative estimate of drug-likeness (QED) is 0.692. The SMILES string of the molecule is COCC(=O)NC1(C)CCCOC1. The smallest absolute Gasteiger partial charge is 0.246 e. The summed E-state index contributed by atoms with van der Waals surface area (Å²) in [6, 6.07) is 0. The van der Waals surface area contributed by atoms with Gasteiger partial charge in [-0.3, -0.25) is 4.79 Å². The predicted molar refractivity (Wildman–Crippen MR) is 48.5 cm³/mol. The first kappa shape index (κ1) is 10.5. The minimum absolute atomic E-state index is 0.0736. The summed E-state index contributed by atoms with van der Waals surface area (Å²) in [5.74, 6) is -0.0736. The number of ether oxygens (including phenoxy) is 2. The highest BCUT2D eigenvalue weighted by Crippen LogP contribution is 2.17. The molecule has 0 bridgehead atoms. The standard InChI is InChI=1S/C9H17NO3/c1-9(4-3-5-13-7-9)10-8(11)6-12-2/h3-7H2,1-2H3,(H,10,11). The molecule has 4 nitrogen and oxygen atoms in total. The van der Waals surface area contributed by atoms with Crippen molar-refractivity contribution in [2.24, 2.45) is 0 Å². The number of hydrogen-bond acceptors (Lipinski definition) is 3. The van der Waals surface area contributed by atoms with Gasteiger partial charge in [0, 0.05) is 13.7 Å². The molecule has 0 radical (unpaired) electrons. The number of hydrogen-bond donors (Lipinski definition) is 1. The zero-order valence-electron chi connectivity index (χ0n) is 8.26. The second-order valence-electron chi connectivity index (χ2n) is 3.70. The summed E-state index contributed by atoms with van der Waals surface area (Å²) < 4.78 is 10.0. The Kier molecular flexibility index (Phi) is 3.69. The minimum Gasteiger partial charge on any atom is -0.379 e. The van der Waals surface area contributed by atoms with Crippen LogP contribution >= 0.6 is 0 Å². The summed E-state index contributed by atoms with van der Waals surface area (Å²) in [6.07, 6.45) is 1.98. The average molecular weight is 187 g/mol. The van der Waals surface area contributed by atoms with Gasteiger partial charge in [0.1, 0.15) is 6.61 Å². The van der Waals surface area contributed by atoms with E-state index >= 15 is 0 Å². The summed E-state index contributed by atoms with van der Waals surface area (Å²) in [7, 11) is 1.51. The molecule has 76 valence electrons. The van der Waals surface area contributed by atoms with Gasteiger partial charge in [0.05, 0.1) is 12.1 Å². The third-order valence-corrected chi connectivity index (χ3v) is 2.15. The van der Waals surface area contributed by atoms with Crippen molar-refractivity contribution >= 4 is 5.91 Å². The molecule has 0 aromatic heterocycles. The lowest BCUT2D eigenvalue weighted by atomic mass is 9.95. The van der Waals surface area contributed by atoms with E-state index in [0.29, 0.717) is 6.61 Å². The molecule has 1 unspecified atom stereocenters. The van der Waals surface area contributed by atoms with Crippen LogP contribution in [0.1, 0.15) is 19.8 Å². The first-order chi connectivity index (χ1) is 6.16. The zero-order valence-corrected chi connectivity index (χ0v) is 8.26. The monoisotopic (exact) mass is 187 g/mol. The van der Waals surface area contributed by atoms with Crippen molar-refractivity contribution in [2.75, 3.05) is 26.9 Å². The lowest BCUT2D eigenvalue weighted by Gasteiger charge is -2.34. The first-order valence-electron chi connectivity index (χ1n) is 4.54. The molecule has 1 atom stereocenters. The molecular formula is C9H17NO3. The Labute approximate surface area is 78.6 Å². The van der Waals surface area contributed by atoms with E-state index in [9.17, 15) is 4.79 Å². The molecule has 1 amide bonds. The van der Waals surface area contributed by atoms with E-state index in [0.717, 1.165) is 19.4 Å². The van der Waals surface area contributed by atoms with Crippen molar-refractivity contribution in [1.29, 1.82) is 0 Å². The van der Waals surface area contributed by atoms with E-state index in [-0.39, 0.29) is 18.1 Å². The lowest BCUT2D eigenvalue weighted by molar-refractivity contribution is -0.128. The molecule has 1 saturated heterocycles. The van der Waals surface area contributed by atoms with E-state index in [1.807, 2.05) is 6.92 Å². The van der Waals surface area contributed by atoms with Gasteiger partial charge in [-0.15, -0.1) is 0 Å². The summed E-state index contributed by atoms with van der Waals surface area (Å²) in [4.78, 5) is 11.2. The second kappa shape index (κ2) is 4.58. The van der Waals surface area contributed by atoms with Crippen molar-refractivity contribution in [1.82, 2.24) is 5.32 Å². The molecule has 1 fully saturated rings. The second-order valence-corrected chi connectivity index (χ2v) is 3.70. The number of amides is 1. The molecule has 0 saturated carbocycles. The van der Waals surface area contributed by atoms with Gasteiger partial charge in [-0.05, 0) is 19.8 Å². The maximum absolute atomic E-state index is 11.2. The predicted octanol–water partition coefficient (Wildman–Crippen LogP) is 0.318. The number of carbonyl (C=O) groups excluding carboxylic acids is 1. The Morgan fingerprint density at radius 1 is 1.69 bits per heavy atom. The molecule has 1 N–H and O–H groups in total. The van der Waals surface area contributed by atoms with E-state index in [1.165, 1.54) is 7.11 Å². The topological polar surface area (TPSA) is 47.6 Å². The third-order valence-electron chi connectivity index (χ3n) is 2.15. The van der Waals surface area contributed by atoms with Crippen LogP contribution in [0.25, 0.3) is 0 Å². The van der Waals surface area contributed by atoms with Crippen molar-refractivity contribution < 1.29 is 14.3 Å². The highest BCUT2D eigenvalue weighted by Gasteiger charge is 2.28. The van der Waals surface area contributed by atoms with Crippen LogP contribution in [0.4, 0.5) is 0 Å². The summed E-state index contributed by atoms with van der Waals surface area (Å²) in [5.41, 5.74) is -0.201. The van der Waals surface area contributed by atoms with Crippen LogP contribution in [0.2, 0.25) is 0 Å². The summed E-state index contributed by atoms with van der Waals surface area (Å²) >= 11 is 0. The molecule has 1 heterocycles. The molecule has 4 heteroatoms. The molecule has 0 aromatic carbocycles. The maximum Gasteiger partial charge on any atom is 0.246 e. The summed E-state index contributed by atoms with van der Waals surface area (Å²) in [6.45, 7) is 3.52. The van der Waals surface area contributed by atoms with Gasteiger partial charge in [-0.1, -0.05) is 0 Å². The fourth-order valence-electron chi connectivity index (χ4n) is 1.54. The number of nitrogens with one attached hydrogen (secondary N) is 1. The normalized spacial score (nSPS) is 28.5. The third kappa shape index (κ3) is 3.32. The lowest BCUT2D eigenvalue weighted by Crippen LogP contribution is -2.52. The molecule has 1 aliphatic rings. The molecule has 1 aliphatic heterocycles.